The van der Waals surface area contributed by atoms with Gasteiger partial charge in [0.1, 0.15) is 5.82 Å². The zero-order valence-electron chi connectivity index (χ0n) is 12.9. The van der Waals surface area contributed by atoms with E-state index in [4.69, 9.17) is 10.5 Å². The number of pyridine rings is 1. The third kappa shape index (κ3) is 2.85. The summed E-state index contributed by atoms with van der Waals surface area (Å²) in [5, 5.41) is 0. The van der Waals surface area contributed by atoms with E-state index in [1.54, 1.807) is 12.4 Å². The molecule has 0 aliphatic carbocycles. The van der Waals surface area contributed by atoms with Crippen molar-refractivity contribution in [2.45, 2.75) is 18.9 Å². The van der Waals surface area contributed by atoms with Crippen molar-refractivity contribution in [3.8, 4) is 11.1 Å². The molecule has 1 atom stereocenters. The summed E-state index contributed by atoms with van der Waals surface area (Å²) in [5.74, 6) is 1.31. The fourth-order valence-electron chi connectivity index (χ4n) is 3.21. The molecule has 3 N–H and O–H groups in total. The van der Waals surface area contributed by atoms with Gasteiger partial charge in [-0.15, -0.1) is 0 Å². The Bertz CT molecular complexity index is 793. The Morgan fingerprint density at radius 1 is 1.09 bits per heavy atom. The summed E-state index contributed by atoms with van der Waals surface area (Å²) in [4.78, 5) is 12.2. The van der Waals surface area contributed by atoms with E-state index in [9.17, 15) is 0 Å². The number of nitrogens with two attached hydrogens (primary N) is 1. The maximum atomic E-state index is 6.43. The smallest absolute Gasteiger partial charge is 0.124 e. The number of nitrogens with one attached hydrogen (secondary N) is 1. The number of H-pyrrole nitrogens is 1. The van der Waals surface area contributed by atoms with Crippen LogP contribution in [-0.2, 0) is 4.74 Å². The lowest BCUT2D eigenvalue weighted by molar-refractivity contribution is 0.0576. The van der Waals surface area contributed by atoms with Crippen molar-refractivity contribution in [2.75, 3.05) is 13.2 Å². The van der Waals surface area contributed by atoms with Crippen LogP contribution < -0.4 is 5.73 Å². The third-order valence-electron chi connectivity index (χ3n) is 4.60. The molecule has 0 saturated carbocycles. The number of aromatic nitrogens is 3. The van der Waals surface area contributed by atoms with Crippen LogP contribution in [0.1, 0.15) is 24.7 Å². The van der Waals surface area contributed by atoms with Gasteiger partial charge in [-0.25, -0.2) is 4.98 Å². The van der Waals surface area contributed by atoms with Crippen LogP contribution in [0.3, 0.4) is 0 Å². The minimum absolute atomic E-state index is 0.0596. The van der Waals surface area contributed by atoms with Crippen LogP contribution in [0.15, 0.2) is 42.7 Å². The van der Waals surface area contributed by atoms with E-state index in [0.717, 1.165) is 54.0 Å². The number of rotatable bonds is 3. The van der Waals surface area contributed by atoms with Gasteiger partial charge in [0.25, 0.3) is 0 Å². The second-order valence-corrected chi connectivity index (χ2v) is 6.07. The summed E-state index contributed by atoms with van der Waals surface area (Å²) in [7, 11) is 0. The van der Waals surface area contributed by atoms with Gasteiger partial charge in [-0.05, 0) is 54.2 Å². The molecule has 1 unspecified atom stereocenters. The molecule has 4 rings (SSSR count). The molecule has 23 heavy (non-hydrogen) atoms. The predicted molar refractivity (Wildman–Crippen MR) is 89.8 cm³/mol. The number of ether oxygens (including phenoxy) is 1. The second-order valence-electron chi connectivity index (χ2n) is 6.07. The van der Waals surface area contributed by atoms with Gasteiger partial charge < -0.3 is 15.5 Å². The van der Waals surface area contributed by atoms with Crippen LogP contribution in [0.25, 0.3) is 22.2 Å². The van der Waals surface area contributed by atoms with Crippen LogP contribution in [0, 0.1) is 5.92 Å². The Labute approximate surface area is 134 Å². The lowest BCUT2D eigenvalue weighted by Crippen LogP contribution is -2.28. The topological polar surface area (TPSA) is 76.8 Å². The molecule has 1 aromatic carbocycles. The summed E-state index contributed by atoms with van der Waals surface area (Å²) in [6.45, 7) is 1.59. The second kappa shape index (κ2) is 6.10. The molecule has 3 aromatic rings. The lowest BCUT2D eigenvalue weighted by Gasteiger charge is -2.26. The third-order valence-corrected chi connectivity index (χ3v) is 4.60. The van der Waals surface area contributed by atoms with Crippen molar-refractivity contribution in [3.05, 3.63) is 48.5 Å². The monoisotopic (exact) mass is 308 g/mol. The van der Waals surface area contributed by atoms with Crippen molar-refractivity contribution >= 4 is 11.0 Å². The first kappa shape index (κ1) is 14.4. The van der Waals surface area contributed by atoms with Crippen molar-refractivity contribution in [3.63, 3.8) is 0 Å². The van der Waals surface area contributed by atoms with Crippen molar-refractivity contribution in [1.29, 1.82) is 0 Å². The molecule has 1 saturated heterocycles. The molecule has 118 valence electrons. The van der Waals surface area contributed by atoms with Crippen molar-refractivity contribution in [2.24, 2.45) is 11.7 Å². The fraction of sp³-hybridized carbons (Fsp3) is 0.333. The summed E-state index contributed by atoms with van der Waals surface area (Å²) >= 11 is 0. The van der Waals surface area contributed by atoms with E-state index in [1.165, 1.54) is 0 Å². The van der Waals surface area contributed by atoms with Crippen LogP contribution in [0.2, 0.25) is 0 Å². The predicted octanol–water partition coefficient (Wildman–Crippen LogP) is 3.05. The normalized spacial score (nSPS) is 17.4. The summed E-state index contributed by atoms with van der Waals surface area (Å²) in [5.41, 5.74) is 10.7. The fourth-order valence-corrected chi connectivity index (χ4v) is 3.21. The van der Waals surface area contributed by atoms with Gasteiger partial charge in [0.2, 0.25) is 0 Å². The Kier molecular flexibility index (Phi) is 3.81. The van der Waals surface area contributed by atoms with Gasteiger partial charge in [-0.2, -0.15) is 0 Å². The van der Waals surface area contributed by atoms with Gasteiger partial charge in [-0.3, -0.25) is 4.98 Å². The van der Waals surface area contributed by atoms with Gasteiger partial charge >= 0.3 is 0 Å². The molecule has 0 spiro atoms. The number of nitrogens with zero attached hydrogens (tertiary/aromatic N) is 2. The number of imidazole rings is 1. The van der Waals surface area contributed by atoms with Crippen LogP contribution in [-0.4, -0.2) is 28.2 Å². The average molecular weight is 308 g/mol. The molecule has 1 aliphatic rings. The minimum Gasteiger partial charge on any atom is -0.381 e. The molecular formula is C18H20N4O. The molecule has 3 heterocycles. The zero-order chi connectivity index (χ0) is 15.6. The van der Waals surface area contributed by atoms with Gasteiger partial charge in [-0.1, -0.05) is 6.07 Å². The molecule has 5 heteroatoms. The highest BCUT2D eigenvalue weighted by Crippen LogP contribution is 2.29. The molecule has 1 fully saturated rings. The number of hydrogen-bond donors (Lipinski definition) is 2. The highest BCUT2D eigenvalue weighted by molar-refractivity contribution is 5.81. The molecule has 1 aliphatic heterocycles. The number of aromatic amines is 1. The highest BCUT2D eigenvalue weighted by Gasteiger charge is 2.24. The van der Waals surface area contributed by atoms with Crippen molar-refractivity contribution in [1.82, 2.24) is 15.0 Å². The van der Waals surface area contributed by atoms with Gasteiger partial charge in [0, 0.05) is 25.6 Å². The van der Waals surface area contributed by atoms with E-state index in [-0.39, 0.29) is 6.04 Å². The van der Waals surface area contributed by atoms with E-state index in [2.05, 4.69) is 27.1 Å². The van der Waals surface area contributed by atoms with E-state index in [0.29, 0.717) is 5.92 Å². The quantitative estimate of drug-likeness (QED) is 0.779. The first-order valence-corrected chi connectivity index (χ1v) is 8.04. The van der Waals surface area contributed by atoms with E-state index in [1.807, 2.05) is 18.2 Å². The molecule has 0 radical (unpaired) electrons. The Hall–Kier alpha value is -2.24. The van der Waals surface area contributed by atoms with Gasteiger partial charge in [0.05, 0.1) is 17.1 Å². The SMILES string of the molecule is NC(c1nc2ccc(-c3ccncc3)cc2[nH]1)C1CCOCC1. The van der Waals surface area contributed by atoms with Crippen LogP contribution in [0.4, 0.5) is 0 Å². The lowest BCUT2D eigenvalue weighted by atomic mass is 9.92. The Morgan fingerprint density at radius 3 is 2.65 bits per heavy atom. The maximum Gasteiger partial charge on any atom is 0.124 e. The number of benzene rings is 1. The molecular weight excluding hydrogens is 288 g/mol. The summed E-state index contributed by atoms with van der Waals surface area (Å²) in [6.07, 6.45) is 5.61. The van der Waals surface area contributed by atoms with E-state index < -0.39 is 0 Å². The highest BCUT2D eigenvalue weighted by atomic mass is 16.5. The maximum absolute atomic E-state index is 6.43. The number of hydrogen-bond acceptors (Lipinski definition) is 4. The summed E-state index contributed by atoms with van der Waals surface area (Å²) < 4.78 is 5.42. The largest absolute Gasteiger partial charge is 0.381 e. The van der Waals surface area contributed by atoms with E-state index >= 15 is 0 Å². The summed E-state index contributed by atoms with van der Waals surface area (Å²) in [6, 6.07) is 10.2. The Morgan fingerprint density at radius 2 is 1.87 bits per heavy atom. The average Bonchev–Trinajstić information content (AvgIpc) is 3.06. The van der Waals surface area contributed by atoms with Crippen molar-refractivity contribution < 1.29 is 4.74 Å². The first-order valence-electron chi connectivity index (χ1n) is 8.04. The molecule has 0 bridgehead atoms. The standard InChI is InChI=1S/C18H20N4O/c19-17(13-5-9-23-10-6-13)18-21-15-2-1-14(11-16(15)22-18)12-3-7-20-8-4-12/h1-4,7-8,11,13,17H,5-6,9-10,19H2,(H,21,22). The zero-order valence-corrected chi connectivity index (χ0v) is 12.9. The molecule has 5 nitrogen and oxygen atoms in total. The first-order chi connectivity index (χ1) is 11.3. The van der Waals surface area contributed by atoms with Gasteiger partial charge in [0.15, 0.2) is 0 Å². The minimum atomic E-state index is -0.0596. The number of fused-ring (bicyclic) bond motifs is 1. The Balaban J connectivity index is 1.65. The van der Waals surface area contributed by atoms with Crippen LogP contribution >= 0.6 is 0 Å². The molecule has 0 amide bonds. The van der Waals surface area contributed by atoms with Crippen LogP contribution in [0.5, 0.6) is 0 Å². The molecule has 2 aromatic heterocycles.